The van der Waals surface area contributed by atoms with E-state index >= 15 is 0 Å². The molecule has 4 nitrogen and oxygen atoms in total. The minimum Gasteiger partial charge on any atom is -0.321 e. The van der Waals surface area contributed by atoms with Crippen molar-refractivity contribution in [3.05, 3.63) is 75.8 Å². The summed E-state index contributed by atoms with van der Waals surface area (Å²) in [6.07, 6.45) is 3.29. The van der Waals surface area contributed by atoms with E-state index < -0.39 is 5.56 Å². The number of pyridine rings is 2. The van der Waals surface area contributed by atoms with Crippen molar-refractivity contribution in [1.82, 2.24) is 9.97 Å². The summed E-state index contributed by atoms with van der Waals surface area (Å²) in [6.45, 7) is 0. The summed E-state index contributed by atoms with van der Waals surface area (Å²) < 4.78 is 0. The molecule has 106 valence electrons. The monoisotopic (exact) mass is 307 g/mol. The van der Waals surface area contributed by atoms with E-state index in [0.29, 0.717) is 16.3 Å². The summed E-state index contributed by atoms with van der Waals surface area (Å²) in [5, 5.41) is 9.83. The highest BCUT2D eigenvalue weighted by molar-refractivity contribution is 6.30. The molecule has 1 N–H and O–H groups in total. The van der Waals surface area contributed by atoms with Gasteiger partial charge in [0.05, 0.1) is 0 Å². The fourth-order valence-electron chi connectivity index (χ4n) is 2.24. The number of aromatic nitrogens is 2. The molecular formula is C17H10ClN3O. The standard InChI is InChI=1S/C17H10ClN3O/c18-13-3-1-2-12(8-13)14-9-16(11-4-6-20-7-5-11)21-17(22)15(14)10-19/h1-9H,(H,21,22). The number of aromatic amines is 1. The molecule has 1 aromatic carbocycles. The lowest BCUT2D eigenvalue weighted by Crippen LogP contribution is -2.12. The molecule has 3 aromatic rings. The van der Waals surface area contributed by atoms with E-state index in [-0.39, 0.29) is 5.56 Å². The van der Waals surface area contributed by atoms with Crippen LogP contribution in [0.15, 0.2) is 59.7 Å². The molecule has 0 fully saturated rings. The molecule has 2 heterocycles. The number of benzene rings is 1. The Balaban J connectivity index is 2.27. The Bertz CT molecular complexity index is 927. The van der Waals surface area contributed by atoms with Gasteiger partial charge >= 0.3 is 0 Å². The Morgan fingerprint density at radius 3 is 2.55 bits per heavy atom. The molecule has 0 bridgehead atoms. The van der Waals surface area contributed by atoms with E-state index in [1.807, 2.05) is 12.1 Å². The van der Waals surface area contributed by atoms with Crippen LogP contribution in [-0.4, -0.2) is 9.97 Å². The Morgan fingerprint density at radius 1 is 1.09 bits per heavy atom. The molecule has 0 atom stereocenters. The highest BCUT2D eigenvalue weighted by Crippen LogP contribution is 2.27. The summed E-state index contributed by atoms with van der Waals surface area (Å²) in [5.41, 5.74) is 2.37. The van der Waals surface area contributed by atoms with Crippen molar-refractivity contribution in [3.63, 3.8) is 0 Å². The minimum atomic E-state index is -0.424. The van der Waals surface area contributed by atoms with E-state index in [9.17, 15) is 10.1 Å². The third-order valence-electron chi connectivity index (χ3n) is 3.27. The van der Waals surface area contributed by atoms with E-state index in [1.54, 1.807) is 48.8 Å². The molecule has 5 heteroatoms. The van der Waals surface area contributed by atoms with Crippen molar-refractivity contribution in [1.29, 1.82) is 5.26 Å². The van der Waals surface area contributed by atoms with E-state index in [1.165, 1.54) is 0 Å². The van der Waals surface area contributed by atoms with Crippen molar-refractivity contribution < 1.29 is 0 Å². The Morgan fingerprint density at radius 2 is 1.86 bits per heavy atom. The fraction of sp³-hybridized carbons (Fsp3) is 0. The molecule has 0 saturated heterocycles. The van der Waals surface area contributed by atoms with Crippen LogP contribution < -0.4 is 5.56 Å². The maximum absolute atomic E-state index is 12.2. The Hall–Kier alpha value is -2.90. The van der Waals surface area contributed by atoms with Gasteiger partial charge in [-0.15, -0.1) is 0 Å². The first-order valence-electron chi connectivity index (χ1n) is 6.53. The zero-order valence-electron chi connectivity index (χ0n) is 11.4. The van der Waals surface area contributed by atoms with Gasteiger partial charge < -0.3 is 4.98 Å². The van der Waals surface area contributed by atoms with Gasteiger partial charge in [-0.25, -0.2) is 0 Å². The van der Waals surface area contributed by atoms with Crippen LogP contribution in [0.2, 0.25) is 5.02 Å². The van der Waals surface area contributed by atoms with E-state index in [4.69, 9.17) is 11.6 Å². The molecule has 0 unspecified atom stereocenters. The van der Waals surface area contributed by atoms with Gasteiger partial charge in [0, 0.05) is 34.2 Å². The molecule has 0 aliphatic heterocycles. The van der Waals surface area contributed by atoms with Crippen LogP contribution in [-0.2, 0) is 0 Å². The Kier molecular flexibility index (Phi) is 3.73. The van der Waals surface area contributed by atoms with E-state index in [0.717, 1.165) is 11.1 Å². The lowest BCUT2D eigenvalue weighted by molar-refractivity contribution is 1.21. The number of rotatable bonds is 2. The number of halogens is 1. The van der Waals surface area contributed by atoms with Gasteiger partial charge in [0.25, 0.3) is 5.56 Å². The van der Waals surface area contributed by atoms with Crippen molar-refractivity contribution in [3.8, 4) is 28.5 Å². The predicted molar refractivity (Wildman–Crippen MR) is 85.5 cm³/mol. The van der Waals surface area contributed by atoms with Gasteiger partial charge in [0.15, 0.2) is 0 Å². The van der Waals surface area contributed by atoms with Crippen LogP contribution in [0.1, 0.15) is 5.56 Å². The van der Waals surface area contributed by atoms with Crippen molar-refractivity contribution in [2.75, 3.05) is 0 Å². The number of nitrogens with zero attached hydrogens (tertiary/aromatic N) is 2. The average molecular weight is 308 g/mol. The van der Waals surface area contributed by atoms with Crippen LogP contribution in [0, 0.1) is 11.3 Å². The minimum absolute atomic E-state index is 0.0695. The van der Waals surface area contributed by atoms with Gasteiger partial charge in [-0.05, 0) is 35.9 Å². The van der Waals surface area contributed by atoms with Crippen molar-refractivity contribution >= 4 is 11.6 Å². The number of hydrogen-bond donors (Lipinski definition) is 1. The highest BCUT2D eigenvalue weighted by Gasteiger charge is 2.12. The number of nitrogens with one attached hydrogen (secondary N) is 1. The van der Waals surface area contributed by atoms with Crippen LogP contribution in [0.25, 0.3) is 22.4 Å². The molecule has 0 amide bonds. The molecule has 0 aliphatic carbocycles. The van der Waals surface area contributed by atoms with Crippen LogP contribution in [0.3, 0.4) is 0 Å². The summed E-state index contributed by atoms with van der Waals surface area (Å²) in [6, 6.07) is 14.4. The van der Waals surface area contributed by atoms with Gasteiger partial charge in [-0.1, -0.05) is 23.7 Å². The van der Waals surface area contributed by atoms with Crippen molar-refractivity contribution in [2.45, 2.75) is 0 Å². The number of hydrogen-bond acceptors (Lipinski definition) is 3. The predicted octanol–water partition coefficient (Wildman–Crippen LogP) is 3.63. The first-order chi connectivity index (χ1) is 10.7. The van der Waals surface area contributed by atoms with Gasteiger partial charge in [-0.3, -0.25) is 9.78 Å². The second kappa shape index (κ2) is 5.84. The molecule has 0 saturated carbocycles. The maximum atomic E-state index is 12.2. The molecule has 2 aromatic heterocycles. The largest absolute Gasteiger partial charge is 0.321 e. The van der Waals surface area contributed by atoms with Crippen molar-refractivity contribution in [2.24, 2.45) is 0 Å². The quantitative estimate of drug-likeness (QED) is 0.786. The molecule has 0 aliphatic rings. The normalized spacial score (nSPS) is 10.2. The maximum Gasteiger partial charge on any atom is 0.266 e. The first kappa shape index (κ1) is 14.1. The third-order valence-corrected chi connectivity index (χ3v) is 3.51. The summed E-state index contributed by atoms with van der Waals surface area (Å²) in [4.78, 5) is 18.9. The second-order valence-electron chi connectivity index (χ2n) is 4.66. The Labute approximate surface area is 131 Å². The van der Waals surface area contributed by atoms with Gasteiger partial charge in [-0.2, -0.15) is 5.26 Å². The third kappa shape index (κ3) is 2.62. The smallest absolute Gasteiger partial charge is 0.266 e. The zero-order valence-corrected chi connectivity index (χ0v) is 12.1. The fourth-order valence-corrected chi connectivity index (χ4v) is 2.43. The summed E-state index contributed by atoms with van der Waals surface area (Å²) in [5.74, 6) is 0. The van der Waals surface area contributed by atoms with Gasteiger partial charge in [0.1, 0.15) is 11.6 Å². The molecule has 22 heavy (non-hydrogen) atoms. The average Bonchev–Trinajstić information content (AvgIpc) is 2.55. The van der Waals surface area contributed by atoms with E-state index in [2.05, 4.69) is 9.97 Å². The summed E-state index contributed by atoms with van der Waals surface area (Å²) >= 11 is 6.01. The van der Waals surface area contributed by atoms with Gasteiger partial charge in [0.2, 0.25) is 0 Å². The van der Waals surface area contributed by atoms with Crippen LogP contribution >= 0.6 is 11.6 Å². The number of nitriles is 1. The lowest BCUT2D eigenvalue weighted by atomic mass is 9.99. The topological polar surface area (TPSA) is 69.5 Å². The molecular weight excluding hydrogens is 298 g/mol. The second-order valence-corrected chi connectivity index (χ2v) is 5.10. The zero-order chi connectivity index (χ0) is 15.5. The first-order valence-corrected chi connectivity index (χ1v) is 6.90. The lowest BCUT2D eigenvalue weighted by Gasteiger charge is -2.08. The number of H-pyrrole nitrogens is 1. The molecule has 0 spiro atoms. The van der Waals surface area contributed by atoms with Crippen LogP contribution in [0.4, 0.5) is 0 Å². The molecule has 0 radical (unpaired) electrons. The SMILES string of the molecule is N#Cc1c(-c2cccc(Cl)c2)cc(-c2ccncc2)[nH]c1=O. The van der Waals surface area contributed by atoms with Crippen LogP contribution in [0.5, 0.6) is 0 Å². The summed E-state index contributed by atoms with van der Waals surface area (Å²) in [7, 11) is 0. The highest BCUT2D eigenvalue weighted by atomic mass is 35.5. The molecule has 3 rings (SSSR count).